The molecule has 776 valence electrons. The van der Waals surface area contributed by atoms with Crippen LogP contribution in [0.2, 0.25) is 0 Å². The van der Waals surface area contributed by atoms with Crippen LogP contribution in [0.3, 0.4) is 0 Å². The van der Waals surface area contributed by atoms with Crippen molar-refractivity contribution in [3.05, 3.63) is 237 Å². The van der Waals surface area contributed by atoms with Crippen LogP contribution in [0, 0.1) is 79.1 Å². The Labute approximate surface area is 865 Å². The Balaban J connectivity index is 0.000000135. The quantitative estimate of drug-likeness (QED) is 0.0331. The Bertz CT molecular complexity index is 6770. The summed E-state index contributed by atoms with van der Waals surface area (Å²) in [5.74, 6) is 0.174. The van der Waals surface area contributed by atoms with Gasteiger partial charge < -0.3 is 67.2 Å². The van der Waals surface area contributed by atoms with Gasteiger partial charge >= 0.3 is 37.1 Å². The second kappa shape index (κ2) is 44.4. The van der Waals surface area contributed by atoms with Gasteiger partial charge in [0.15, 0.2) is 11.5 Å². The number of aromatic carboxylic acids is 4. The zero-order valence-corrected chi connectivity index (χ0v) is 88.2. The number of alkyl halides is 4. The van der Waals surface area contributed by atoms with Crippen molar-refractivity contribution in [2.75, 3.05) is 26.4 Å². The van der Waals surface area contributed by atoms with E-state index < -0.39 is 48.3 Å². The first-order chi connectivity index (χ1) is 70.6. The summed E-state index contributed by atoms with van der Waals surface area (Å²) in [4.78, 5) is 71.4. The number of aryl methyl sites for hydroxylation is 8. The second-order valence-electron chi connectivity index (χ2n) is 42.0. The summed E-state index contributed by atoms with van der Waals surface area (Å²) in [6, 6.07) is 53.3. The average molecular weight is 2050 g/mol. The third-order valence-corrected chi connectivity index (χ3v) is 32.7. The van der Waals surface area contributed by atoms with Crippen molar-refractivity contribution in [3.8, 4) is 67.0 Å². The van der Waals surface area contributed by atoms with Crippen LogP contribution in [0.15, 0.2) is 179 Å². The lowest BCUT2D eigenvalue weighted by Gasteiger charge is -2.38. The number of carbonyl (C=O) groups is 4. The van der Waals surface area contributed by atoms with Gasteiger partial charge in [-0.15, -0.1) is 22.7 Å². The number of thiophene rings is 2. The van der Waals surface area contributed by atoms with E-state index >= 15 is 0 Å². The minimum absolute atomic E-state index is 0.0667. The summed E-state index contributed by atoms with van der Waals surface area (Å²) in [6.07, 6.45) is 13.4. The summed E-state index contributed by atoms with van der Waals surface area (Å²) in [5.41, 5.74) is 12.5. The van der Waals surface area contributed by atoms with Gasteiger partial charge in [0.1, 0.15) is 45.6 Å². The van der Waals surface area contributed by atoms with Crippen LogP contribution in [0.5, 0.6) is 23.0 Å². The molecule has 0 amide bonds. The number of benzene rings is 8. The van der Waals surface area contributed by atoms with Crippen molar-refractivity contribution < 1.29 is 104 Å². The number of rotatable bonds is 28. The van der Waals surface area contributed by atoms with Gasteiger partial charge in [-0.25, -0.2) is 39.1 Å². The highest BCUT2D eigenvalue weighted by Gasteiger charge is 2.40. The molecule has 8 heterocycles. The molecule has 0 aliphatic heterocycles. The fraction of sp³-hybridized carbons (Fsp3) is 0.400. The van der Waals surface area contributed by atoms with Crippen molar-refractivity contribution in [2.24, 2.45) is 23.7 Å². The summed E-state index contributed by atoms with van der Waals surface area (Å²) in [5, 5.41) is 47.0. The molecule has 0 spiro atoms. The Morgan fingerprint density at radius 2 is 0.581 bits per heavy atom. The normalized spacial score (nSPS) is 20.1. The van der Waals surface area contributed by atoms with Crippen LogP contribution < -0.4 is 18.9 Å². The number of nitrogens with zero attached hydrogens (tertiary/aromatic N) is 4. The molecule has 8 aromatic heterocycles. The van der Waals surface area contributed by atoms with Crippen molar-refractivity contribution in [1.82, 2.24) is 19.9 Å². The molecule has 0 bridgehead atoms. The zero-order valence-electron chi connectivity index (χ0n) is 86.5. The topological polar surface area (TPSA) is 301 Å². The maximum atomic E-state index is 12.7. The number of hydrogen-bond donors (Lipinski definition) is 4. The number of para-hydroxylation sites is 2. The van der Waals surface area contributed by atoms with Gasteiger partial charge in [0.25, 0.3) is 0 Å². The van der Waals surface area contributed by atoms with Gasteiger partial charge in [0.05, 0.1) is 148 Å². The molecule has 8 aromatic carbocycles. The fourth-order valence-corrected chi connectivity index (χ4v) is 24.1. The molecule has 0 unspecified atom stereocenters. The lowest BCUT2D eigenvalue weighted by Crippen LogP contribution is -2.37. The molecule has 4 N–H and O–H groups in total. The van der Waals surface area contributed by atoms with E-state index in [1.807, 2.05) is 151 Å². The first-order valence-electron chi connectivity index (χ1n) is 51.0. The number of carboxylic acid groups (broad SMARTS) is 4. The summed E-state index contributed by atoms with van der Waals surface area (Å²) in [7, 11) is 0. The van der Waals surface area contributed by atoms with Crippen molar-refractivity contribution >= 4 is 132 Å². The number of aromatic nitrogens is 4. The maximum Gasteiger partial charge on any atom is 0.345 e. The highest BCUT2D eigenvalue weighted by molar-refractivity contribution is 7.22. The minimum Gasteiger partial charge on any atom is -0.493 e. The molecule has 4 aliphatic rings. The van der Waals surface area contributed by atoms with E-state index in [1.54, 1.807) is 60.8 Å². The maximum absolute atomic E-state index is 12.7. The van der Waals surface area contributed by atoms with E-state index in [9.17, 15) is 57.2 Å². The minimum atomic E-state index is -2.79. The van der Waals surface area contributed by atoms with Gasteiger partial charge in [-0.1, -0.05) is 97.1 Å². The van der Waals surface area contributed by atoms with Crippen LogP contribution in [-0.4, -0.2) is 139 Å². The number of furan rings is 2. The SMILES string of the molecule is Cc1c(-c2cc(C(=O)O)c3c(OCC4CCC(C)(OC(C)C)CC4)ccc(C)c3n2)sc2ccccc12.Cc1c(-c2cc(C(=O)O)c3c(OCC4CCC(C)(OC(C)C)CC4)ccc(C)c3n2)sc2ccccc12.Cc1c(-c2cc(C(=O)O)c3c(OCC4CCC(C)(OC(F)F)CC4)ccc(C)c3n2)oc2ccccc12.Cc1c(-c2cc(C(=O)O)c3c(OCC4CCC(C)(OC(F)F)CC4)ccc(C)c3n2)oc2ccccc12. The molecular weight excluding hydrogens is 1930 g/mol. The number of carboxylic acids is 4. The predicted molar refractivity (Wildman–Crippen MR) is 575 cm³/mol. The second-order valence-corrected chi connectivity index (χ2v) is 44.1. The van der Waals surface area contributed by atoms with Crippen LogP contribution in [-0.2, 0) is 18.9 Å². The molecule has 4 aliphatic carbocycles. The molecule has 20 rings (SSSR count). The highest BCUT2D eigenvalue weighted by Crippen LogP contribution is 2.49. The molecule has 16 aromatic rings. The van der Waals surface area contributed by atoms with Crippen LogP contribution in [0.1, 0.15) is 244 Å². The highest BCUT2D eigenvalue weighted by atomic mass is 32.1. The number of ether oxygens (including phenoxy) is 8. The Kier molecular flexibility index (Phi) is 31.9. The Hall–Kier alpha value is -13.0. The lowest BCUT2D eigenvalue weighted by molar-refractivity contribution is -0.215. The van der Waals surface area contributed by atoms with Crippen LogP contribution in [0.25, 0.3) is 130 Å². The summed E-state index contributed by atoms with van der Waals surface area (Å²) < 4.78 is 112. The van der Waals surface area contributed by atoms with Gasteiger partial charge in [-0.2, -0.15) is 17.6 Å². The standard InChI is InChI=1S/2C31H35NO4S.2C29H29F2NO5/c2*1-18(2)36-31(5)14-12-21(13-15-31)17-35-25-11-10-19(3)28-27(25)23(30(33)34)16-24(32-28)29-20(4)22-8-6-7-9-26(22)37-29;2*1-16-8-9-23(35-15-18-10-12-29(3,13-11-18)37-28(30)31)24-20(27(33)34)14-21(32-25(16)24)26-17(2)19-6-4-5-7-22(19)36-26/h2*6-11,16,18,21H,12-15,17H2,1-5H3,(H,33,34);2*4-9,14,18,28H,10-13,15H2,1-3H3,(H,33,34). The number of halogens is 4. The van der Waals surface area contributed by atoms with Gasteiger partial charge in [-0.3, -0.25) is 0 Å². The van der Waals surface area contributed by atoms with E-state index in [1.165, 1.54) is 32.3 Å². The number of fused-ring (bicyclic) bond motifs is 8. The third-order valence-electron chi connectivity index (χ3n) is 30.1. The summed E-state index contributed by atoms with van der Waals surface area (Å²) in [6.45, 7) is 28.2. The van der Waals surface area contributed by atoms with Gasteiger partial charge in [0, 0.05) is 31.3 Å². The molecule has 0 atom stereocenters. The van der Waals surface area contributed by atoms with E-state index in [0.29, 0.717) is 202 Å². The molecule has 148 heavy (non-hydrogen) atoms. The largest absolute Gasteiger partial charge is 0.493 e. The number of hydrogen-bond acceptors (Lipinski definition) is 20. The monoisotopic (exact) mass is 2050 g/mol. The van der Waals surface area contributed by atoms with Gasteiger partial charge in [-0.05, 0) is 354 Å². The average Bonchev–Trinajstić information content (AvgIpc) is 1.54. The van der Waals surface area contributed by atoms with E-state index in [0.717, 1.165) is 116 Å². The molecule has 4 saturated carbocycles. The van der Waals surface area contributed by atoms with Crippen LogP contribution in [0.4, 0.5) is 17.6 Å². The fourth-order valence-electron chi connectivity index (χ4n) is 21.8. The Morgan fingerprint density at radius 1 is 0.338 bits per heavy atom. The Morgan fingerprint density at radius 3 is 0.831 bits per heavy atom. The first kappa shape index (κ1) is 106. The van der Waals surface area contributed by atoms with Crippen molar-refractivity contribution in [2.45, 2.75) is 261 Å². The van der Waals surface area contributed by atoms with E-state index in [2.05, 4.69) is 79.7 Å². The molecule has 22 nitrogen and oxygen atoms in total. The number of pyridine rings is 4. The van der Waals surface area contributed by atoms with E-state index in [-0.39, 0.29) is 57.5 Å². The zero-order chi connectivity index (χ0) is 105. The predicted octanol–water partition coefficient (Wildman–Crippen LogP) is 31.4. The van der Waals surface area contributed by atoms with Gasteiger partial charge in [0.2, 0.25) is 0 Å². The van der Waals surface area contributed by atoms with Crippen molar-refractivity contribution in [1.29, 1.82) is 0 Å². The molecule has 4 fully saturated rings. The molecular formula is C120H128F4N4O18S2. The molecule has 0 saturated heterocycles. The van der Waals surface area contributed by atoms with Crippen molar-refractivity contribution in [3.63, 3.8) is 0 Å². The molecule has 28 heteroatoms. The first-order valence-corrected chi connectivity index (χ1v) is 52.7. The lowest BCUT2D eigenvalue weighted by atomic mass is 9.80. The molecule has 0 radical (unpaired) electrons. The third kappa shape index (κ3) is 23.4. The summed E-state index contributed by atoms with van der Waals surface area (Å²) >= 11 is 3.30. The van der Waals surface area contributed by atoms with E-state index in [4.69, 9.17) is 66.7 Å². The van der Waals surface area contributed by atoms with Crippen LogP contribution >= 0.6 is 22.7 Å². The smallest absolute Gasteiger partial charge is 0.345 e.